The number of hydrogen-bond donors (Lipinski definition) is 0. The van der Waals surface area contributed by atoms with E-state index in [1.807, 2.05) is 13.8 Å². The van der Waals surface area contributed by atoms with Crippen molar-refractivity contribution in [2.24, 2.45) is 5.41 Å². The van der Waals surface area contributed by atoms with E-state index >= 15 is 0 Å². The molecule has 0 bridgehead atoms. The molecule has 16 heavy (non-hydrogen) atoms. The first-order valence-electron chi connectivity index (χ1n) is 5.65. The first-order chi connectivity index (χ1) is 7.22. The number of hydrogen-bond acceptors (Lipinski definition) is 3. The predicted octanol–water partition coefficient (Wildman–Crippen LogP) is 2.95. The van der Waals surface area contributed by atoms with Gasteiger partial charge in [0.2, 0.25) is 0 Å². The fraction of sp³-hybridized carbons (Fsp3) is 0.769. The summed E-state index contributed by atoms with van der Waals surface area (Å²) in [5, 5.41) is 0. The average Bonchev–Trinajstić information content (AvgIpc) is 2.24. The van der Waals surface area contributed by atoms with Crippen LogP contribution in [-0.4, -0.2) is 24.8 Å². The average molecular weight is 228 g/mol. The van der Waals surface area contributed by atoms with Gasteiger partial charge in [0, 0.05) is 11.5 Å². The van der Waals surface area contributed by atoms with Gasteiger partial charge in [-0.25, -0.2) is 4.79 Å². The van der Waals surface area contributed by atoms with E-state index in [2.05, 4.69) is 27.4 Å². The van der Waals surface area contributed by atoms with Gasteiger partial charge in [-0.3, -0.25) is 0 Å². The second kappa shape index (κ2) is 6.04. The van der Waals surface area contributed by atoms with Gasteiger partial charge in [-0.05, 0) is 20.3 Å². The maximum absolute atomic E-state index is 10.9. The van der Waals surface area contributed by atoms with Crippen LogP contribution in [0.15, 0.2) is 12.7 Å². The molecule has 0 saturated carbocycles. The molecule has 0 radical (unpaired) electrons. The highest BCUT2D eigenvalue weighted by Crippen LogP contribution is 2.22. The molecule has 0 amide bonds. The highest BCUT2D eigenvalue weighted by atomic mass is 16.5. The van der Waals surface area contributed by atoms with Gasteiger partial charge in [0.25, 0.3) is 0 Å². The first kappa shape index (κ1) is 15.2. The van der Waals surface area contributed by atoms with Crippen LogP contribution in [0.5, 0.6) is 0 Å². The molecule has 0 aliphatic heterocycles. The molecule has 0 aromatic rings. The van der Waals surface area contributed by atoms with Crippen molar-refractivity contribution >= 4 is 5.97 Å². The summed E-state index contributed by atoms with van der Waals surface area (Å²) in [6.07, 6.45) is 2.13. The summed E-state index contributed by atoms with van der Waals surface area (Å²) in [4.78, 5) is 10.9. The van der Waals surface area contributed by atoms with E-state index in [9.17, 15) is 4.79 Å². The van der Waals surface area contributed by atoms with E-state index in [0.717, 1.165) is 6.42 Å². The van der Waals surface area contributed by atoms with Crippen molar-refractivity contribution in [2.45, 2.75) is 46.6 Å². The van der Waals surface area contributed by atoms with Crippen LogP contribution in [0.2, 0.25) is 0 Å². The Bertz CT molecular complexity index is 242. The van der Waals surface area contributed by atoms with Crippen LogP contribution in [0.3, 0.4) is 0 Å². The number of rotatable bonds is 7. The summed E-state index contributed by atoms with van der Waals surface area (Å²) in [5.41, 5.74) is -0.301. The van der Waals surface area contributed by atoms with Gasteiger partial charge in [0.05, 0.1) is 18.8 Å². The fourth-order valence-electron chi connectivity index (χ4n) is 0.860. The molecule has 0 N–H and O–H groups in total. The Morgan fingerprint density at radius 2 is 1.81 bits per heavy atom. The Labute approximate surface area is 98.8 Å². The Morgan fingerprint density at radius 3 is 2.25 bits per heavy atom. The third-order valence-electron chi connectivity index (χ3n) is 2.48. The molecule has 0 saturated heterocycles. The van der Waals surface area contributed by atoms with Crippen molar-refractivity contribution in [3.63, 3.8) is 0 Å². The number of ether oxygens (including phenoxy) is 2. The zero-order valence-electron chi connectivity index (χ0n) is 11.1. The van der Waals surface area contributed by atoms with E-state index in [0.29, 0.717) is 13.2 Å². The molecule has 0 spiro atoms. The van der Waals surface area contributed by atoms with E-state index in [4.69, 9.17) is 9.47 Å². The summed E-state index contributed by atoms with van der Waals surface area (Å²) in [7, 11) is 0. The van der Waals surface area contributed by atoms with Crippen molar-refractivity contribution in [3.8, 4) is 0 Å². The molecule has 0 aliphatic rings. The molecular formula is C13H24O3. The molecule has 0 aromatic heterocycles. The van der Waals surface area contributed by atoms with Crippen LogP contribution in [0.25, 0.3) is 0 Å². The Balaban J connectivity index is 4.05. The first-order valence-corrected chi connectivity index (χ1v) is 5.65. The van der Waals surface area contributed by atoms with E-state index in [-0.39, 0.29) is 17.0 Å². The summed E-state index contributed by atoms with van der Waals surface area (Å²) in [6, 6.07) is 0. The monoisotopic (exact) mass is 228 g/mol. The van der Waals surface area contributed by atoms with Crippen LogP contribution in [-0.2, 0) is 14.3 Å². The number of carbonyl (C=O) groups excluding carboxylic acids is 1. The lowest BCUT2D eigenvalue weighted by molar-refractivity contribution is -0.143. The van der Waals surface area contributed by atoms with Gasteiger partial charge in [0.1, 0.15) is 0 Å². The minimum Gasteiger partial charge on any atom is -0.462 e. The largest absolute Gasteiger partial charge is 0.462 e. The minimum absolute atomic E-state index is 0.125. The smallest absolute Gasteiger partial charge is 0.330 e. The highest BCUT2D eigenvalue weighted by molar-refractivity contribution is 5.81. The standard InChI is InChI=1S/C13H24O3/c1-7-11(14)15-9-12(3,4)10-16-13(5,6)8-2/h7H,1,8-10H2,2-6H3. The second-order valence-corrected chi connectivity index (χ2v) is 5.38. The summed E-state index contributed by atoms with van der Waals surface area (Å²) >= 11 is 0. The lowest BCUT2D eigenvalue weighted by Crippen LogP contribution is -2.33. The predicted molar refractivity (Wildman–Crippen MR) is 65.3 cm³/mol. The Kier molecular flexibility index (Phi) is 5.73. The zero-order valence-corrected chi connectivity index (χ0v) is 11.1. The normalized spacial score (nSPS) is 12.3. The quantitative estimate of drug-likeness (QED) is 0.496. The van der Waals surface area contributed by atoms with Gasteiger partial charge in [-0.15, -0.1) is 0 Å². The lowest BCUT2D eigenvalue weighted by atomic mass is 9.95. The lowest BCUT2D eigenvalue weighted by Gasteiger charge is -2.30. The van der Waals surface area contributed by atoms with Crippen LogP contribution < -0.4 is 0 Å². The van der Waals surface area contributed by atoms with E-state index in [1.54, 1.807) is 0 Å². The summed E-state index contributed by atoms with van der Waals surface area (Å²) < 4.78 is 10.8. The Morgan fingerprint density at radius 1 is 1.25 bits per heavy atom. The topological polar surface area (TPSA) is 35.5 Å². The van der Waals surface area contributed by atoms with Crippen LogP contribution in [0.4, 0.5) is 0 Å². The van der Waals surface area contributed by atoms with Gasteiger partial charge in [0.15, 0.2) is 0 Å². The van der Waals surface area contributed by atoms with Gasteiger partial charge in [-0.2, -0.15) is 0 Å². The minimum atomic E-state index is -0.386. The molecule has 0 unspecified atom stereocenters. The van der Waals surface area contributed by atoms with Crippen molar-refractivity contribution in [3.05, 3.63) is 12.7 Å². The third kappa shape index (κ3) is 6.62. The molecule has 0 atom stereocenters. The van der Waals surface area contributed by atoms with Crippen molar-refractivity contribution in [1.82, 2.24) is 0 Å². The maximum atomic E-state index is 10.9. The van der Waals surface area contributed by atoms with E-state index in [1.165, 1.54) is 6.08 Å². The molecular weight excluding hydrogens is 204 g/mol. The molecule has 0 fully saturated rings. The van der Waals surface area contributed by atoms with E-state index < -0.39 is 0 Å². The highest BCUT2D eigenvalue weighted by Gasteiger charge is 2.24. The van der Waals surface area contributed by atoms with Crippen molar-refractivity contribution < 1.29 is 14.3 Å². The molecule has 0 rings (SSSR count). The molecule has 0 aliphatic carbocycles. The number of carbonyl (C=O) groups is 1. The van der Waals surface area contributed by atoms with Crippen LogP contribution in [0, 0.1) is 5.41 Å². The molecule has 94 valence electrons. The van der Waals surface area contributed by atoms with Gasteiger partial charge < -0.3 is 9.47 Å². The maximum Gasteiger partial charge on any atom is 0.330 e. The summed E-state index contributed by atoms with van der Waals surface area (Å²) in [5.74, 6) is -0.386. The molecule has 0 aromatic carbocycles. The number of esters is 1. The van der Waals surface area contributed by atoms with Crippen LogP contribution >= 0.6 is 0 Å². The Hall–Kier alpha value is -0.830. The molecule has 3 nitrogen and oxygen atoms in total. The third-order valence-corrected chi connectivity index (χ3v) is 2.48. The van der Waals surface area contributed by atoms with Gasteiger partial charge in [-0.1, -0.05) is 27.4 Å². The second-order valence-electron chi connectivity index (χ2n) is 5.38. The molecule has 0 heterocycles. The molecule has 3 heteroatoms. The van der Waals surface area contributed by atoms with Crippen LogP contribution in [0.1, 0.15) is 41.0 Å². The zero-order chi connectivity index (χ0) is 12.8. The van der Waals surface area contributed by atoms with Crippen molar-refractivity contribution in [1.29, 1.82) is 0 Å². The fourth-order valence-corrected chi connectivity index (χ4v) is 0.860. The SMILES string of the molecule is C=CC(=O)OCC(C)(C)COC(C)(C)CC. The van der Waals surface area contributed by atoms with Crippen molar-refractivity contribution in [2.75, 3.05) is 13.2 Å². The summed E-state index contributed by atoms with van der Waals surface area (Å²) in [6.45, 7) is 14.5. The van der Waals surface area contributed by atoms with Gasteiger partial charge >= 0.3 is 5.97 Å².